The van der Waals surface area contributed by atoms with Crippen molar-refractivity contribution in [3.05, 3.63) is 89.5 Å². The van der Waals surface area contributed by atoms with Crippen molar-refractivity contribution in [3.63, 3.8) is 0 Å². The SMILES string of the molecule is Cc1cccc(-c2nc(-c3cccc(OCc4ccccc4C)c3)no2)c1. The lowest BCUT2D eigenvalue weighted by Crippen LogP contribution is -1.97. The van der Waals surface area contributed by atoms with E-state index < -0.39 is 0 Å². The molecule has 1 heterocycles. The topological polar surface area (TPSA) is 48.2 Å². The van der Waals surface area contributed by atoms with Gasteiger partial charge in [-0.2, -0.15) is 4.98 Å². The second-order valence-electron chi connectivity index (χ2n) is 6.54. The third kappa shape index (κ3) is 3.90. The van der Waals surface area contributed by atoms with Crippen LogP contribution < -0.4 is 4.74 Å². The Kier molecular flexibility index (Phi) is 4.71. The van der Waals surface area contributed by atoms with Gasteiger partial charge in [-0.3, -0.25) is 0 Å². The number of aryl methyl sites for hydroxylation is 2. The average molecular weight is 356 g/mol. The van der Waals surface area contributed by atoms with Gasteiger partial charge >= 0.3 is 0 Å². The summed E-state index contributed by atoms with van der Waals surface area (Å²) in [6, 6.07) is 24.0. The van der Waals surface area contributed by atoms with Crippen molar-refractivity contribution in [2.75, 3.05) is 0 Å². The molecule has 0 spiro atoms. The van der Waals surface area contributed by atoms with Gasteiger partial charge in [0, 0.05) is 11.1 Å². The Morgan fingerprint density at radius 1 is 0.852 bits per heavy atom. The van der Waals surface area contributed by atoms with Crippen molar-refractivity contribution in [1.82, 2.24) is 10.1 Å². The maximum atomic E-state index is 5.96. The van der Waals surface area contributed by atoms with Crippen LogP contribution in [0.5, 0.6) is 5.75 Å². The van der Waals surface area contributed by atoms with E-state index in [0.717, 1.165) is 22.4 Å². The van der Waals surface area contributed by atoms with Crippen LogP contribution in [0.25, 0.3) is 22.8 Å². The van der Waals surface area contributed by atoms with E-state index in [0.29, 0.717) is 18.3 Å². The number of hydrogen-bond acceptors (Lipinski definition) is 4. The van der Waals surface area contributed by atoms with Crippen molar-refractivity contribution in [1.29, 1.82) is 0 Å². The van der Waals surface area contributed by atoms with Crippen LogP contribution in [0.3, 0.4) is 0 Å². The van der Waals surface area contributed by atoms with Gasteiger partial charge in [0.15, 0.2) is 0 Å². The number of ether oxygens (including phenoxy) is 1. The number of benzene rings is 3. The highest BCUT2D eigenvalue weighted by Gasteiger charge is 2.11. The Balaban J connectivity index is 1.53. The van der Waals surface area contributed by atoms with Gasteiger partial charge in [-0.05, 0) is 49.2 Å². The maximum absolute atomic E-state index is 5.96. The van der Waals surface area contributed by atoms with Gasteiger partial charge < -0.3 is 9.26 Å². The van der Waals surface area contributed by atoms with Gasteiger partial charge in [0.2, 0.25) is 5.82 Å². The van der Waals surface area contributed by atoms with Crippen molar-refractivity contribution >= 4 is 0 Å². The van der Waals surface area contributed by atoms with Crippen LogP contribution in [-0.2, 0) is 6.61 Å². The van der Waals surface area contributed by atoms with Gasteiger partial charge in [0.05, 0.1) is 0 Å². The molecular weight excluding hydrogens is 336 g/mol. The molecule has 27 heavy (non-hydrogen) atoms. The molecule has 0 bridgehead atoms. The average Bonchev–Trinajstić information content (AvgIpc) is 3.18. The minimum atomic E-state index is 0.514. The fourth-order valence-electron chi connectivity index (χ4n) is 2.89. The van der Waals surface area contributed by atoms with Crippen molar-refractivity contribution in [2.24, 2.45) is 0 Å². The molecule has 0 fully saturated rings. The second kappa shape index (κ2) is 7.46. The summed E-state index contributed by atoms with van der Waals surface area (Å²) in [6.07, 6.45) is 0. The number of aromatic nitrogens is 2. The highest BCUT2D eigenvalue weighted by atomic mass is 16.5. The van der Waals surface area contributed by atoms with Crippen LogP contribution in [0.15, 0.2) is 77.3 Å². The molecule has 4 aromatic rings. The molecule has 0 amide bonds. The van der Waals surface area contributed by atoms with E-state index in [4.69, 9.17) is 9.26 Å². The number of rotatable bonds is 5. The summed E-state index contributed by atoms with van der Waals surface area (Å²) < 4.78 is 11.4. The molecule has 134 valence electrons. The molecule has 4 rings (SSSR count). The smallest absolute Gasteiger partial charge is 0.258 e. The first-order chi connectivity index (χ1) is 13.2. The summed E-state index contributed by atoms with van der Waals surface area (Å²) >= 11 is 0. The van der Waals surface area contributed by atoms with Crippen LogP contribution in [-0.4, -0.2) is 10.1 Å². The van der Waals surface area contributed by atoms with E-state index in [-0.39, 0.29) is 0 Å². The van der Waals surface area contributed by atoms with Crippen molar-refractivity contribution in [2.45, 2.75) is 20.5 Å². The summed E-state index contributed by atoms with van der Waals surface area (Å²) in [7, 11) is 0. The Bertz CT molecular complexity index is 1070. The molecule has 1 aromatic heterocycles. The van der Waals surface area contributed by atoms with Crippen molar-refractivity contribution in [3.8, 4) is 28.6 Å². The fraction of sp³-hybridized carbons (Fsp3) is 0.130. The lowest BCUT2D eigenvalue weighted by atomic mass is 10.1. The Hall–Kier alpha value is -3.40. The molecule has 0 saturated carbocycles. The molecule has 0 aliphatic carbocycles. The van der Waals surface area contributed by atoms with Gasteiger partial charge in [-0.1, -0.05) is 59.3 Å². The predicted molar refractivity (Wildman–Crippen MR) is 105 cm³/mol. The van der Waals surface area contributed by atoms with Gasteiger partial charge in [-0.25, -0.2) is 0 Å². The monoisotopic (exact) mass is 356 g/mol. The zero-order valence-electron chi connectivity index (χ0n) is 15.3. The van der Waals surface area contributed by atoms with Gasteiger partial charge in [0.25, 0.3) is 5.89 Å². The van der Waals surface area contributed by atoms with Gasteiger partial charge in [0.1, 0.15) is 12.4 Å². The van der Waals surface area contributed by atoms with Crippen LogP contribution in [0.1, 0.15) is 16.7 Å². The molecule has 4 nitrogen and oxygen atoms in total. The number of nitrogens with zero attached hydrogens (tertiary/aromatic N) is 2. The Morgan fingerprint density at radius 3 is 2.52 bits per heavy atom. The highest BCUT2D eigenvalue weighted by Crippen LogP contribution is 2.26. The summed E-state index contributed by atoms with van der Waals surface area (Å²) in [5.41, 5.74) is 5.32. The lowest BCUT2D eigenvalue weighted by Gasteiger charge is -2.09. The largest absolute Gasteiger partial charge is 0.489 e. The molecule has 0 aliphatic rings. The molecule has 3 aromatic carbocycles. The highest BCUT2D eigenvalue weighted by molar-refractivity contribution is 5.61. The zero-order valence-corrected chi connectivity index (χ0v) is 15.3. The fourth-order valence-corrected chi connectivity index (χ4v) is 2.89. The quantitative estimate of drug-likeness (QED) is 0.467. The summed E-state index contributed by atoms with van der Waals surface area (Å²) in [6.45, 7) is 4.65. The van der Waals surface area contributed by atoms with Crippen molar-refractivity contribution < 1.29 is 9.26 Å². The molecule has 0 unspecified atom stereocenters. The molecular formula is C23H20N2O2. The first kappa shape index (κ1) is 17.0. The normalized spacial score (nSPS) is 10.7. The minimum absolute atomic E-state index is 0.514. The molecule has 0 aliphatic heterocycles. The second-order valence-corrected chi connectivity index (χ2v) is 6.54. The van der Waals surface area contributed by atoms with Crippen LogP contribution >= 0.6 is 0 Å². The molecule has 4 heteroatoms. The third-order valence-electron chi connectivity index (χ3n) is 4.44. The van der Waals surface area contributed by atoms with E-state index in [9.17, 15) is 0 Å². The van der Waals surface area contributed by atoms with E-state index in [1.807, 2.05) is 67.6 Å². The van der Waals surface area contributed by atoms with Crippen LogP contribution in [0.4, 0.5) is 0 Å². The summed E-state index contributed by atoms with van der Waals surface area (Å²) in [5, 5.41) is 4.12. The standard InChI is InChI=1S/C23H20N2O2/c1-16-7-5-11-19(13-16)23-24-22(25-27-23)18-10-6-12-21(14-18)26-15-20-9-4-3-8-17(20)2/h3-14H,15H2,1-2H3. The zero-order chi connectivity index (χ0) is 18.6. The first-order valence-corrected chi connectivity index (χ1v) is 8.87. The molecule has 0 radical (unpaired) electrons. The van der Waals surface area contributed by atoms with E-state index in [1.165, 1.54) is 11.1 Å². The van der Waals surface area contributed by atoms with E-state index in [1.54, 1.807) is 0 Å². The van der Waals surface area contributed by atoms with E-state index in [2.05, 4.69) is 29.2 Å². The minimum Gasteiger partial charge on any atom is -0.489 e. The van der Waals surface area contributed by atoms with E-state index >= 15 is 0 Å². The lowest BCUT2D eigenvalue weighted by molar-refractivity contribution is 0.305. The van der Waals surface area contributed by atoms with Crippen LogP contribution in [0.2, 0.25) is 0 Å². The molecule has 0 N–H and O–H groups in total. The summed E-state index contributed by atoms with van der Waals surface area (Å²) in [4.78, 5) is 4.53. The third-order valence-corrected chi connectivity index (χ3v) is 4.44. The number of hydrogen-bond donors (Lipinski definition) is 0. The first-order valence-electron chi connectivity index (χ1n) is 8.87. The molecule has 0 saturated heterocycles. The molecule has 0 atom stereocenters. The Labute approximate surface area is 158 Å². The predicted octanol–water partition coefficient (Wildman–Crippen LogP) is 5.60. The van der Waals surface area contributed by atoms with Gasteiger partial charge in [-0.15, -0.1) is 0 Å². The van der Waals surface area contributed by atoms with Crippen LogP contribution in [0, 0.1) is 13.8 Å². The summed E-state index contributed by atoms with van der Waals surface area (Å²) in [5.74, 6) is 1.84. The Morgan fingerprint density at radius 2 is 1.67 bits per heavy atom. The maximum Gasteiger partial charge on any atom is 0.258 e.